The van der Waals surface area contributed by atoms with E-state index in [1.165, 1.54) is 0 Å². The molecule has 0 aliphatic carbocycles. The fraction of sp³-hybridized carbons (Fsp3) is 0.455. The largest absolute Gasteiger partial charge is 0.484 e. The van der Waals surface area contributed by atoms with Crippen molar-refractivity contribution in [2.75, 3.05) is 0 Å². The summed E-state index contributed by atoms with van der Waals surface area (Å²) in [6, 6.07) is 5.44. The Morgan fingerprint density at radius 3 is 2.67 bits per heavy atom. The van der Waals surface area contributed by atoms with Gasteiger partial charge in [0.25, 0.3) is 0 Å². The van der Waals surface area contributed by atoms with Gasteiger partial charge in [0.05, 0.1) is 5.60 Å². The summed E-state index contributed by atoms with van der Waals surface area (Å²) in [5, 5.41) is 19.8. The minimum absolute atomic E-state index is 0.609. The average Bonchev–Trinajstić information content (AvgIpc) is 2.43. The molecular formula is C11H13BrO3. The van der Waals surface area contributed by atoms with E-state index in [0.29, 0.717) is 5.75 Å². The van der Waals surface area contributed by atoms with Crippen molar-refractivity contribution in [3.8, 4) is 5.75 Å². The molecule has 0 radical (unpaired) electrons. The molecule has 0 saturated heterocycles. The highest BCUT2D eigenvalue weighted by Gasteiger charge is 2.42. The first-order chi connectivity index (χ1) is 6.89. The molecule has 82 valence electrons. The summed E-state index contributed by atoms with van der Waals surface area (Å²) in [7, 11) is 0. The molecule has 2 rings (SSSR count). The molecule has 0 fully saturated rings. The molecule has 2 atom stereocenters. The van der Waals surface area contributed by atoms with Crippen LogP contribution in [0, 0.1) is 0 Å². The van der Waals surface area contributed by atoms with Crippen molar-refractivity contribution in [3.63, 3.8) is 0 Å². The Bertz CT molecular complexity index is 384. The first-order valence-electron chi connectivity index (χ1n) is 4.76. The van der Waals surface area contributed by atoms with Crippen molar-refractivity contribution in [2.24, 2.45) is 0 Å². The highest BCUT2D eigenvalue weighted by atomic mass is 79.9. The van der Waals surface area contributed by atoms with Crippen molar-refractivity contribution in [2.45, 2.75) is 31.7 Å². The second-order valence-corrected chi connectivity index (χ2v) is 5.23. The second-order valence-electron chi connectivity index (χ2n) is 4.32. The van der Waals surface area contributed by atoms with Crippen LogP contribution in [0.15, 0.2) is 22.7 Å². The summed E-state index contributed by atoms with van der Waals surface area (Å²) in [6.07, 6.45) is -1.39. The zero-order chi connectivity index (χ0) is 11.2. The quantitative estimate of drug-likeness (QED) is 0.823. The molecule has 0 spiro atoms. The third-order valence-electron chi connectivity index (χ3n) is 2.53. The number of rotatable bonds is 1. The first-order valence-corrected chi connectivity index (χ1v) is 5.55. The lowest BCUT2D eigenvalue weighted by molar-refractivity contribution is -0.0762. The van der Waals surface area contributed by atoms with Crippen LogP contribution in [-0.2, 0) is 0 Å². The van der Waals surface area contributed by atoms with Crippen molar-refractivity contribution in [3.05, 3.63) is 28.2 Å². The van der Waals surface area contributed by atoms with Crippen LogP contribution in [0.4, 0.5) is 0 Å². The maximum atomic E-state index is 10.00. The molecule has 4 heteroatoms. The highest BCUT2D eigenvalue weighted by molar-refractivity contribution is 9.10. The summed E-state index contributed by atoms with van der Waals surface area (Å²) < 4.78 is 6.41. The van der Waals surface area contributed by atoms with Gasteiger partial charge in [0, 0.05) is 10.0 Å². The number of aliphatic hydroxyl groups excluding tert-OH is 1. The van der Waals surface area contributed by atoms with Gasteiger partial charge in [0.2, 0.25) is 0 Å². The van der Waals surface area contributed by atoms with Crippen LogP contribution in [-0.4, -0.2) is 21.9 Å². The van der Waals surface area contributed by atoms with Gasteiger partial charge in [0.1, 0.15) is 11.9 Å². The van der Waals surface area contributed by atoms with E-state index in [4.69, 9.17) is 4.74 Å². The molecule has 0 amide bonds. The average molecular weight is 273 g/mol. The Morgan fingerprint density at radius 1 is 1.40 bits per heavy atom. The summed E-state index contributed by atoms with van der Waals surface area (Å²) in [6.45, 7) is 3.25. The molecule has 2 N–H and O–H groups in total. The predicted octanol–water partition coefficient (Wildman–Crippen LogP) is 2.01. The number of hydrogen-bond acceptors (Lipinski definition) is 3. The minimum Gasteiger partial charge on any atom is -0.484 e. The van der Waals surface area contributed by atoms with Crippen LogP contribution in [0.5, 0.6) is 5.75 Å². The SMILES string of the molecule is CC(C)(O)[C@H]1Oc2ccc(Br)cc2[C@H]1O. The van der Waals surface area contributed by atoms with Crippen LogP contribution < -0.4 is 4.74 Å². The Hall–Kier alpha value is -0.580. The second kappa shape index (κ2) is 3.47. The monoisotopic (exact) mass is 272 g/mol. The topological polar surface area (TPSA) is 49.7 Å². The van der Waals surface area contributed by atoms with Crippen LogP contribution >= 0.6 is 15.9 Å². The van der Waals surface area contributed by atoms with E-state index in [2.05, 4.69) is 15.9 Å². The molecule has 3 nitrogen and oxygen atoms in total. The zero-order valence-electron chi connectivity index (χ0n) is 8.57. The van der Waals surface area contributed by atoms with Gasteiger partial charge >= 0.3 is 0 Å². The number of ether oxygens (including phenoxy) is 1. The van der Waals surface area contributed by atoms with E-state index in [-0.39, 0.29) is 0 Å². The Balaban J connectivity index is 2.38. The number of benzene rings is 1. The molecule has 1 heterocycles. The van der Waals surface area contributed by atoms with Gasteiger partial charge in [-0.1, -0.05) is 15.9 Å². The van der Waals surface area contributed by atoms with E-state index >= 15 is 0 Å². The van der Waals surface area contributed by atoms with Gasteiger partial charge in [-0.05, 0) is 32.0 Å². The lowest BCUT2D eigenvalue weighted by Crippen LogP contribution is -2.41. The molecular weight excluding hydrogens is 260 g/mol. The molecule has 15 heavy (non-hydrogen) atoms. The Labute approximate surface area is 96.8 Å². The van der Waals surface area contributed by atoms with E-state index in [0.717, 1.165) is 10.0 Å². The molecule has 1 aliphatic rings. The summed E-state index contributed by atoms with van der Waals surface area (Å²) in [5.74, 6) is 0.637. The van der Waals surface area contributed by atoms with Crippen molar-refractivity contribution in [1.82, 2.24) is 0 Å². The normalized spacial score (nSPS) is 24.9. The minimum atomic E-state index is -1.06. The van der Waals surface area contributed by atoms with Crippen LogP contribution in [0.25, 0.3) is 0 Å². The molecule has 1 aliphatic heterocycles. The molecule has 1 aromatic rings. The van der Waals surface area contributed by atoms with Crippen molar-refractivity contribution in [1.29, 1.82) is 0 Å². The predicted molar refractivity (Wildman–Crippen MR) is 59.8 cm³/mol. The molecule has 0 bridgehead atoms. The van der Waals surface area contributed by atoms with E-state index in [1.807, 2.05) is 12.1 Å². The van der Waals surface area contributed by atoms with Crippen LogP contribution in [0.2, 0.25) is 0 Å². The van der Waals surface area contributed by atoms with Gasteiger partial charge < -0.3 is 14.9 Å². The van der Waals surface area contributed by atoms with Crippen LogP contribution in [0.1, 0.15) is 25.5 Å². The molecule has 1 aromatic carbocycles. The van der Waals surface area contributed by atoms with Gasteiger partial charge in [-0.2, -0.15) is 0 Å². The standard InChI is InChI=1S/C11H13BrO3/c1-11(2,14)10-9(13)7-5-6(12)3-4-8(7)15-10/h3-5,9-10,13-14H,1-2H3/t9-,10+/m1/s1. The maximum Gasteiger partial charge on any atom is 0.157 e. The number of fused-ring (bicyclic) bond motifs is 1. The van der Waals surface area contributed by atoms with Gasteiger partial charge in [-0.15, -0.1) is 0 Å². The van der Waals surface area contributed by atoms with E-state index in [1.54, 1.807) is 19.9 Å². The fourth-order valence-electron chi connectivity index (χ4n) is 1.75. The molecule has 0 aromatic heterocycles. The third kappa shape index (κ3) is 1.89. The van der Waals surface area contributed by atoms with E-state index < -0.39 is 17.8 Å². The third-order valence-corrected chi connectivity index (χ3v) is 3.02. The summed E-state index contributed by atoms with van der Waals surface area (Å²) >= 11 is 3.33. The van der Waals surface area contributed by atoms with Crippen LogP contribution in [0.3, 0.4) is 0 Å². The number of halogens is 1. The fourth-order valence-corrected chi connectivity index (χ4v) is 2.13. The van der Waals surface area contributed by atoms with E-state index in [9.17, 15) is 10.2 Å². The summed E-state index contributed by atoms with van der Waals surface area (Å²) in [4.78, 5) is 0. The first kappa shape index (κ1) is 10.9. The maximum absolute atomic E-state index is 10.00. The number of hydrogen-bond donors (Lipinski definition) is 2. The number of aliphatic hydroxyl groups is 2. The van der Waals surface area contributed by atoms with Gasteiger partial charge in [0.15, 0.2) is 6.10 Å². The zero-order valence-corrected chi connectivity index (χ0v) is 10.2. The smallest absolute Gasteiger partial charge is 0.157 e. The summed E-state index contributed by atoms with van der Waals surface area (Å²) in [5.41, 5.74) is -0.346. The lowest BCUT2D eigenvalue weighted by atomic mass is 9.95. The lowest BCUT2D eigenvalue weighted by Gasteiger charge is -2.27. The molecule has 0 saturated carbocycles. The Kier molecular flexibility index (Phi) is 2.53. The highest BCUT2D eigenvalue weighted by Crippen LogP contribution is 2.41. The Morgan fingerprint density at radius 2 is 2.07 bits per heavy atom. The van der Waals surface area contributed by atoms with Gasteiger partial charge in [-0.3, -0.25) is 0 Å². The van der Waals surface area contributed by atoms with Crippen molar-refractivity contribution < 1.29 is 14.9 Å². The molecule has 0 unspecified atom stereocenters. The van der Waals surface area contributed by atoms with Gasteiger partial charge in [-0.25, -0.2) is 0 Å². The van der Waals surface area contributed by atoms with Crippen molar-refractivity contribution >= 4 is 15.9 Å².